The van der Waals surface area contributed by atoms with Gasteiger partial charge in [0.05, 0.1) is 18.7 Å². The van der Waals surface area contributed by atoms with Crippen LogP contribution in [-0.4, -0.2) is 31.0 Å². The monoisotopic (exact) mass is 412 g/mol. The van der Waals surface area contributed by atoms with Gasteiger partial charge in [-0.2, -0.15) is 0 Å². The first kappa shape index (κ1) is 19.4. The van der Waals surface area contributed by atoms with E-state index in [4.69, 9.17) is 18.9 Å². The standard InChI is InChI=1S/C21H20N2O7/c1-11-18(20(25)28-9-12-3-6-15-17(7-12)30-10-29-15)19(23-21(26)22-11)13-4-5-14(24)16(8-13)27-2/h3-8,19,24H,9-10H2,1-2H3,(H2,22,23,26). The Hall–Kier alpha value is -3.88. The topological polar surface area (TPSA) is 115 Å². The Morgan fingerprint density at radius 3 is 2.80 bits per heavy atom. The number of phenols is 1. The predicted molar refractivity (Wildman–Crippen MR) is 104 cm³/mol. The number of methoxy groups -OCH3 is 1. The van der Waals surface area contributed by atoms with Crippen LogP contribution in [0.2, 0.25) is 0 Å². The lowest BCUT2D eigenvalue weighted by Gasteiger charge is -2.28. The second-order valence-corrected chi connectivity index (χ2v) is 6.77. The molecule has 156 valence electrons. The van der Waals surface area contributed by atoms with E-state index in [1.807, 2.05) is 0 Å². The van der Waals surface area contributed by atoms with Crippen molar-refractivity contribution in [2.45, 2.75) is 19.6 Å². The molecule has 0 saturated heterocycles. The molecule has 0 fully saturated rings. The highest BCUT2D eigenvalue weighted by Gasteiger charge is 2.32. The zero-order valence-electron chi connectivity index (χ0n) is 16.4. The smallest absolute Gasteiger partial charge is 0.338 e. The molecule has 0 bridgehead atoms. The van der Waals surface area contributed by atoms with Crippen molar-refractivity contribution in [3.05, 3.63) is 58.8 Å². The maximum atomic E-state index is 12.9. The molecule has 0 saturated carbocycles. The second-order valence-electron chi connectivity index (χ2n) is 6.77. The number of hydrogen-bond donors (Lipinski definition) is 3. The van der Waals surface area contributed by atoms with Crippen molar-refractivity contribution in [3.63, 3.8) is 0 Å². The number of phenolic OH excluding ortho intramolecular Hbond substituents is 1. The van der Waals surface area contributed by atoms with Crippen LogP contribution in [0.25, 0.3) is 0 Å². The van der Waals surface area contributed by atoms with Gasteiger partial charge in [-0.25, -0.2) is 9.59 Å². The molecule has 2 heterocycles. The number of aromatic hydroxyl groups is 1. The van der Waals surface area contributed by atoms with Gasteiger partial charge in [-0.15, -0.1) is 0 Å². The second kappa shape index (κ2) is 7.86. The number of ether oxygens (including phenoxy) is 4. The summed E-state index contributed by atoms with van der Waals surface area (Å²) in [6.45, 7) is 1.81. The summed E-state index contributed by atoms with van der Waals surface area (Å²) in [4.78, 5) is 24.9. The Morgan fingerprint density at radius 2 is 2.00 bits per heavy atom. The van der Waals surface area contributed by atoms with Gasteiger partial charge in [0.15, 0.2) is 23.0 Å². The number of nitrogens with one attached hydrogen (secondary N) is 2. The lowest BCUT2D eigenvalue weighted by Crippen LogP contribution is -2.45. The summed E-state index contributed by atoms with van der Waals surface area (Å²) in [6.07, 6.45) is 0. The number of urea groups is 1. The molecular weight excluding hydrogens is 392 g/mol. The molecule has 9 heteroatoms. The van der Waals surface area contributed by atoms with Gasteiger partial charge in [0, 0.05) is 5.70 Å². The van der Waals surface area contributed by atoms with E-state index in [0.717, 1.165) is 5.56 Å². The van der Waals surface area contributed by atoms with Crippen LogP contribution in [0.1, 0.15) is 24.1 Å². The molecule has 3 N–H and O–H groups in total. The van der Waals surface area contributed by atoms with Gasteiger partial charge in [0.2, 0.25) is 6.79 Å². The molecule has 1 unspecified atom stereocenters. The Balaban J connectivity index is 1.57. The van der Waals surface area contributed by atoms with Crippen molar-refractivity contribution in [2.24, 2.45) is 0 Å². The molecule has 2 aliphatic rings. The largest absolute Gasteiger partial charge is 0.504 e. The molecular formula is C21H20N2O7. The van der Waals surface area contributed by atoms with Gasteiger partial charge in [0.1, 0.15) is 6.61 Å². The number of carbonyl (C=O) groups is 2. The van der Waals surface area contributed by atoms with Crippen molar-refractivity contribution < 1.29 is 33.6 Å². The molecule has 30 heavy (non-hydrogen) atoms. The summed E-state index contributed by atoms with van der Waals surface area (Å²) in [5.41, 5.74) is 1.94. The van der Waals surface area contributed by atoms with E-state index in [9.17, 15) is 14.7 Å². The molecule has 4 rings (SSSR count). The molecule has 0 aromatic heterocycles. The Bertz CT molecular complexity index is 1050. The van der Waals surface area contributed by atoms with E-state index in [-0.39, 0.29) is 30.5 Å². The number of benzene rings is 2. The van der Waals surface area contributed by atoms with E-state index >= 15 is 0 Å². The maximum Gasteiger partial charge on any atom is 0.338 e. The zero-order chi connectivity index (χ0) is 21.3. The Labute approximate surface area is 172 Å². The van der Waals surface area contributed by atoms with Crippen LogP contribution in [0.3, 0.4) is 0 Å². The van der Waals surface area contributed by atoms with Crippen molar-refractivity contribution in [2.75, 3.05) is 13.9 Å². The molecule has 2 aliphatic heterocycles. The molecule has 9 nitrogen and oxygen atoms in total. The molecule has 1 atom stereocenters. The van der Waals surface area contributed by atoms with Crippen LogP contribution in [0.4, 0.5) is 4.79 Å². The number of carbonyl (C=O) groups excluding carboxylic acids is 2. The van der Waals surface area contributed by atoms with Crippen LogP contribution < -0.4 is 24.8 Å². The summed E-state index contributed by atoms with van der Waals surface area (Å²) in [5, 5.41) is 15.2. The van der Waals surface area contributed by atoms with Crippen molar-refractivity contribution in [1.82, 2.24) is 10.6 Å². The lowest BCUT2D eigenvalue weighted by atomic mass is 9.95. The molecule has 2 aromatic rings. The summed E-state index contributed by atoms with van der Waals surface area (Å²) in [7, 11) is 1.42. The average molecular weight is 412 g/mol. The van der Waals surface area contributed by atoms with Crippen molar-refractivity contribution in [1.29, 1.82) is 0 Å². The SMILES string of the molecule is COc1cc(C2NC(=O)NC(C)=C2C(=O)OCc2ccc3c(c2)OCO3)ccc1O. The Morgan fingerprint density at radius 1 is 1.20 bits per heavy atom. The Kier molecular flexibility index (Phi) is 5.09. The minimum Gasteiger partial charge on any atom is -0.504 e. The number of allylic oxidation sites excluding steroid dienone is 1. The van der Waals surface area contributed by atoms with Crippen LogP contribution >= 0.6 is 0 Å². The third-order valence-corrected chi connectivity index (χ3v) is 4.83. The summed E-state index contributed by atoms with van der Waals surface area (Å²) in [6, 6.07) is 8.67. The van der Waals surface area contributed by atoms with E-state index in [0.29, 0.717) is 22.8 Å². The molecule has 2 aromatic carbocycles. The first-order valence-corrected chi connectivity index (χ1v) is 9.17. The maximum absolute atomic E-state index is 12.9. The fourth-order valence-electron chi connectivity index (χ4n) is 3.35. The van der Waals surface area contributed by atoms with E-state index in [1.165, 1.54) is 13.2 Å². The van der Waals surface area contributed by atoms with Crippen LogP contribution in [0.15, 0.2) is 47.7 Å². The highest BCUT2D eigenvalue weighted by Crippen LogP contribution is 2.35. The number of fused-ring (bicyclic) bond motifs is 1. The quantitative estimate of drug-likeness (QED) is 0.646. The fourth-order valence-corrected chi connectivity index (χ4v) is 3.35. The van der Waals surface area contributed by atoms with E-state index < -0.39 is 18.0 Å². The molecule has 0 radical (unpaired) electrons. The van der Waals surface area contributed by atoms with Crippen LogP contribution in [0.5, 0.6) is 23.0 Å². The highest BCUT2D eigenvalue weighted by molar-refractivity contribution is 5.95. The average Bonchev–Trinajstić information content (AvgIpc) is 3.19. The fraction of sp³-hybridized carbons (Fsp3) is 0.238. The third kappa shape index (κ3) is 3.69. The normalized spacial score (nSPS) is 17.3. The van der Waals surface area contributed by atoms with Gasteiger partial charge in [-0.05, 0) is 42.3 Å². The van der Waals surface area contributed by atoms with Crippen LogP contribution in [0, 0.1) is 0 Å². The minimum absolute atomic E-state index is 0.0197. The lowest BCUT2D eigenvalue weighted by molar-refractivity contribution is -0.140. The number of hydrogen-bond acceptors (Lipinski definition) is 7. The van der Waals surface area contributed by atoms with Gasteiger partial charge >= 0.3 is 12.0 Å². The van der Waals surface area contributed by atoms with Crippen LogP contribution in [-0.2, 0) is 16.1 Å². The van der Waals surface area contributed by atoms with Gasteiger partial charge in [0.25, 0.3) is 0 Å². The predicted octanol–water partition coefficient (Wildman–Crippen LogP) is 2.50. The van der Waals surface area contributed by atoms with Gasteiger partial charge < -0.3 is 34.7 Å². The van der Waals surface area contributed by atoms with E-state index in [2.05, 4.69) is 10.6 Å². The third-order valence-electron chi connectivity index (χ3n) is 4.83. The van der Waals surface area contributed by atoms with Gasteiger partial charge in [-0.3, -0.25) is 0 Å². The molecule has 0 aliphatic carbocycles. The first-order valence-electron chi connectivity index (χ1n) is 9.17. The molecule has 0 spiro atoms. The first-order chi connectivity index (χ1) is 14.5. The van der Waals surface area contributed by atoms with E-state index in [1.54, 1.807) is 37.3 Å². The van der Waals surface area contributed by atoms with Crippen molar-refractivity contribution in [3.8, 4) is 23.0 Å². The summed E-state index contributed by atoms with van der Waals surface area (Å²) in [5.74, 6) is 0.832. The zero-order valence-corrected chi connectivity index (χ0v) is 16.4. The van der Waals surface area contributed by atoms with Crippen molar-refractivity contribution >= 4 is 12.0 Å². The number of esters is 1. The minimum atomic E-state index is -0.766. The number of rotatable bonds is 5. The molecule has 2 amide bonds. The number of amides is 2. The summed E-state index contributed by atoms with van der Waals surface area (Å²) >= 11 is 0. The van der Waals surface area contributed by atoms with Gasteiger partial charge in [-0.1, -0.05) is 12.1 Å². The highest BCUT2D eigenvalue weighted by atomic mass is 16.7. The summed E-state index contributed by atoms with van der Waals surface area (Å²) < 4.78 is 21.2.